The van der Waals surface area contributed by atoms with Crippen LogP contribution in [0, 0.1) is 5.82 Å². The van der Waals surface area contributed by atoms with E-state index in [2.05, 4.69) is 10.1 Å². The van der Waals surface area contributed by atoms with Crippen molar-refractivity contribution in [1.29, 1.82) is 0 Å². The van der Waals surface area contributed by atoms with Crippen LogP contribution in [0.2, 0.25) is 0 Å². The van der Waals surface area contributed by atoms with E-state index in [9.17, 15) is 14.0 Å². The predicted molar refractivity (Wildman–Crippen MR) is 148 cm³/mol. The highest BCUT2D eigenvalue weighted by Crippen LogP contribution is 2.30. The fraction of sp³-hybridized carbons (Fsp3) is 0.0667. The van der Waals surface area contributed by atoms with Gasteiger partial charge < -0.3 is 4.74 Å². The molecule has 0 unspecified atom stereocenters. The van der Waals surface area contributed by atoms with E-state index in [0.29, 0.717) is 38.6 Å². The molecule has 8 heteroatoms. The third kappa shape index (κ3) is 5.50. The average Bonchev–Trinajstić information content (AvgIpc) is 3.37. The summed E-state index contributed by atoms with van der Waals surface area (Å²) >= 11 is 1.16. The molecule has 0 saturated heterocycles. The Morgan fingerprint density at radius 1 is 0.921 bits per heavy atom. The fourth-order valence-corrected chi connectivity index (χ4v) is 4.70. The van der Waals surface area contributed by atoms with E-state index in [1.807, 2.05) is 37.3 Å². The molecule has 0 spiro atoms. The molecular weight excluding hydrogens is 501 g/mol. The SMILES string of the molecule is CCOc1ccc(/C=N/N(C(=O)c2ccc(C(=O)c3ccccc3)cc2)c2nc3ccc(F)cc3s2)cc1. The molecular formula is C30H22FN3O3S. The summed E-state index contributed by atoms with van der Waals surface area (Å²) in [5.41, 5.74) is 2.66. The molecule has 0 bridgehead atoms. The number of amides is 1. The first-order chi connectivity index (χ1) is 18.5. The van der Waals surface area contributed by atoms with Crippen LogP contribution in [-0.2, 0) is 0 Å². The summed E-state index contributed by atoms with van der Waals surface area (Å²) in [6, 6.07) is 26.9. The van der Waals surface area contributed by atoms with Gasteiger partial charge in [-0.05, 0) is 67.1 Å². The fourth-order valence-electron chi connectivity index (χ4n) is 3.75. The number of carbonyl (C=O) groups is 2. The zero-order valence-electron chi connectivity index (χ0n) is 20.4. The average molecular weight is 524 g/mol. The number of thiazole rings is 1. The number of ether oxygens (including phenoxy) is 1. The van der Waals surface area contributed by atoms with Crippen molar-refractivity contribution in [2.75, 3.05) is 11.6 Å². The van der Waals surface area contributed by atoms with Gasteiger partial charge in [0.05, 0.1) is 23.0 Å². The third-order valence-corrected chi connectivity index (χ3v) is 6.65. The Balaban J connectivity index is 1.46. The van der Waals surface area contributed by atoms with E-state index in [0.717, 1.165) is 22.6 Å². The molecule has 188 valence electrons. The molecule has 1 aromatic heterocycles. The highest BCUT2D eigenvalue weighted by Gasteiger charge is 2.22. The number of hydrogen-bond donors (Lipinski definition) is 0. The highest BCUT2D eigenvalue weighted by molar-refractivity contribution is 7.22. The van der Waals surface area contributed by atoms with E-state index in [1.165, 1.54) is 17.1 Å². The molecule has 0 saturated carbocycles. The summed E-state index contributed by atoms with van der Waals surface area (Å²) in [7, 11) is 0. The first kappa shape index (κ1) is 25.0. The second-order valence-electron chi connectivity index (χ2n) is 8.24. The maximum absolute atomic E-state index is 13.8. The second-order valence-corrected chi connectivity index (χ2v) is 9.25. The molecule has 1 heterocycles. The number of carbonyl (C=O) groups excluding carboxylic acids is 2. The van der Waals surface area contributed by atoms with Crippen LogP contribution in [-0.4, -0.2) is 29.5 Å². The van der Waals surface area contributed by atoms with Gasteiger partial charge in [-0.3, -0.25) is 9.59 Å². The van der Waals surface area contributed by atoms with E-state index >= 15 is 0 Å². The first-order valence-electron chi connectivity index (χ1n) is 11.9. The van der Waals surface area contributed by atoms with E-state index in [4.69, 9.17) is 4.74 Å². The summed E-state index contributed by atoms with van der Waals surface area (Å²) in [5.74, 6) is -0.230. The van der Waals surface area contributed by atoms with Crippen LogP contribution in [0.15, 0.2) is 102 Å². The Kier molecular flexibility index (Phi) is 7.33. The van der Waals surface area contributed by atoms with Crippen LogP contribution < -0.4 is 9.75 Å². The Labute approximate surface area is 222 Å². The van der Waals surface area contributed by atoms with Gasteiger partial charge in [-0.2, -0.15) is 10.1 Å². The maximum atomic E-state index is 13.8. The van der Waals surface area contributed by atoms with Crippen LogP contribution >= 0.6 is 11.3 Å². The standard InChI is InChI=1S/C30H22FN3O3S/c1-2-37-25-15-8-20(9-16-25)19-32-34(30-33-26-17-14-24(31)18-27(26)38-30)29(36)23-12-10-22(11-13-23)28(35)21-6-4-3-5-7-21/h3-19H,2H2,1H3/b32-19+. The molecule has 0 fully saturated rings. The summed E-state index contributed by atoms with van der Waals surface area (Å²) < 4.78 is 19.9. The van der Waals surface area contributed by atoms with Gasteiger partial charge in [-0.25, -0.2) is 9.37 Å². The largest absolute Gasteiger partial charge is 0.494 e. The third-order valence-electron chi connectivity index (χ3n) is 5.66. The van der Waals surface area contributed by atoms with Crippen molar-refractivity contribution in [3.63, 3.8) is 0 Å². The Morgan fingerprint density at radius 2 is 1.61 bits per heavy atom. The molecule has 4 aromatic carbocycles. The lowest BCUT2D eigenvalue weighted by Gasteiger charge is -2.14. The number of aromatic nitrogens is 1. The molecule has 0 aliphatic carbocycles. The van der Waals surface area contributed by atoms with Gasteiger partial charge in [-0.1, -0.05) is 53.8 Å². The topological polar surface area (TPSA) is 71.9 Å². The quantitative estimate of drug-likeness (QED) is 0.128. The number of anilines is 1. The summed E-state index contributed by atoms with van der Waals surface area (Å²) in [6.07, 6.45) is 1.55. The summed E-state index contributed by atoms with van der Waals surface area (Å²) in [6.45, 7) is 2.47. The van der Waals surface area contributed by atoms with Crippen molar-refractivity contribution in [2.24, 2.45) is 5.10 Å². The second kappa shape index (κ2) is 11.1. The van der Waals surface area contributed by atoms with Crippen LogP contribution in [0.3, 0.4) is 0 Å². The summed E-state index contributed by atoms with van der Waals surface area (Å²) in [4.78, 5) is 30.9. The van der Waals surface area contributed by atoms with Crippen molar-refractivity contribution in [3.8, 4) is 5.75 Å². The van der Waals surface area contributed by atoms with E-state index in [1.54, 1.807) is 60.8 Å². The van der Waals surface area contributed by atoms with Crippen molar-refractivity contribution in [3.05, 3.63) is 125 Å². The van der Waals surface area contributed by atoms with Gasteiger partial charge in [0.1, 0.15) is 11.6 Å². The van der Waals surface area contributed by atoms with Gasteiger partial charge in [0.25, 0.3) is 5.91 Å². The van der Waals surface area contributed by atoms with Gasteiger partial charge in [0.2, 0.25) is 5.13 Å². The monoisotopic (exact) mass is 523 g/mol. The molecule has 0 aliphatic rings. The minimum Gasteiger partial charge on any atom is -0.494 e. The zero-order valence-corrected chi connectivity index (χ0v) is 21.2. The lowest BCUT2D eigenvalue weighted by molar-refractivity contribution is 0.0985. The van der Waals surface area contributed by atoms with Crippen LogP contribution in [0.25, 0.3) is 10.2 Å². The minimum atomic E-state index is -0.439. The number of nitrogens with zero attached hydrogens (tertiary/aromatic N) is 3. The smallest absolute Gasteiger partial charge is 0.280 e. The van der Waals surface area contributed by atoms with E-state index < -0.39 is 5.91 Å². The lowest BCUT2D eigenvalue weighted by Crippen LogP contribution is -2.25. The number of hydrogen-bond acceptors (Lipinski definition) is 6. The van der Waals surface area contributed by atoms with E-state index in [-0.39, 0.29) is 11.6 Å². The molecule has 5 aromatic rings. The maximum Gasteiger partial charge on any atom is 0.280 e. The Hall–Kier alpha value is -4.69. The summed E-state index contributed by atoms with van der Waals surface area (Å²) in [5, 5.41) is 5.93. The minimum absolute atomic E-state index is 0.136. The van der Waals surface area contributed by atoms with Gasteiger partial charge in [-0.15, -0.1) is 0 Å². The highest BCUT2D eigenvalue weighted by atomic mass is 32.1. The molecule has 0 radical (unpaired) electrons. The first-order valence-corrected chi connectivity index (χ1v) is 12.7. The van der Waals surface area contributed by atoms with Gasteiger partial charge in [0.15, 0.2) is 5.78 Å². The van der Waals surface area contributed by atoms with Crippen LogP contribution in [0.1, 0.15) is 38.8 Å². The van der Waals surface area contributed by atoms with Crippen LogP contribution in [0.4, 0.5) is 9.52 Å². The number of hydrazone groups is 1. The lowest BCUT2D eigenvalue weighted by atomic mass is 10.0. The molecule has 6 nitrogen and oxygen atoms in total. The molecule has 0 N–H and O–H groups in total. The number of ketones is 1. The number of halogens is 1. The van der Waals surface area contributed by atoms with Crippen LogP contribution in [0.5, 0.6) is 5.75 Å². The number of fused-ring (bicyclic) bond motifs is 1. The zero-order chi connectivity index (χ0) is 26.5. The molecule has 0 atom stereocenters. The Morgan fingerprint density at radius 3 is 2.32 bits per heavy atom. The number of benzene rings is 4. The predicted octanol–water partition coefficient (Wildman–Crippen LogP) is 6.75. The molecule has 5 rings (SSSR count). The van der Waals surface area contributed by atoms with Crippen molar-refractivity contribution in [2.45, 2.75) is 6.92 Å². The molecule has 38 heavy (non-hydrogen) atoms. The van der Waals surface area contributed by atoms with Crippen molar-refractivity contribution >= 4 is 44.6 Å². The van der Waals surface area contributed by atoms with Gasteiger partial charge >= 0.3 is 0 Å². The molecule has 0 aliphatic heterocycles. The normalized spacial score (nSPS) is 11.1. The molecule has 1 amide bonds. The van der Waals surface area contributed by atoms with Crippen molar-refractivity contribution in [1.82, 2.24) is 4.98 Å². The Bertz CT molecular complexity index is 1610. The van der Waals surface area contributed by atoms with Crippen molar-refractivity contribution < 1.29 is 18.7 Å². The van der Waals surface area contributed by atoms with Gasteiger partial charge in [0, 0.05) is 16.7 Å². The number of rotatable bonds is 8.